The van der Waals surface area contributed by atoms with Gasteiger partial charge in [-0.3, -0.25) is 0 Å². The second-order valence-corrected chi connectivity index (χ2v) is 4.91. The number of benzene rings is 1. The van der Waals surface area contributed by atoms with Gasteiger partial charge in [-0.05, 0) is 42.2 Å². The smallest absolute Gasteiger partial charge is 0.122 e. The topological polar surface area (TPSA) is 18.5 Å². The lowest BCUT2D eigenvalue weighted by atomic mass is 9.78. The molecule has 2 fully saturated rings. The van der Waals surface area contributed by atoms with E-state index < -0.39 is 0 Å². The Morgan fingerprint density at radius 2 is 1.73 bits per heavy atom. The highest BCUT2D eigenvalue weighted by atomic mass is 16.5. The van der Waals surface area contributed by atoms with Crippen molar-refractivity contribution >= 4 is 0 Å². The fourth-order valence-corrected chi connectivity index (χ4v) is 3.90. The van der Waals surface area contributed by atoms with Crippen molar-refractivity contribution in [1.82, 2.24) is 0 Å². The predicted octanol–water partition coefficient (Wildman–Crippen LogP) is 2.53. The van der Waals surface area contributed by atoms with E-state index in [2.05, 4.69) is 12.1 Å². The van der Waals surface area contributed by atoms with E-state index in [1.165, 1.54) is 17.5 Å². The lowest BCUT2D eigenvalue weighted by molar-refractivity contribution is 0.351. The van der Waals surface area contributed by atoms with Gasteiger partial charge in [0.15, 0.2) is 0 Å². The van der Waals surface area contributed by atoms with Crippen LogP contribution in [0.1, 0.15) is 29.4 Å². The summed E-state index contributed by atoms with van der Waals surface area (Å²) in [6.07, 6.45) is 1.38. The maximum Gasteiger partial charge on any atom is 0.122 e. The van der Waals surface area contributed by atoms with E-state index >= 15 is 0 Å². The molecule has 0 aromatic heterocycles. The van der Waals surface area contributed by atoms with E-state index in [4.69, 9.17) is 9.47 Å². The Morgan fingerprint density at radius 1 is 1.07 bits per heavy atom. The molecule has 3 aliphatic rings. The molecule has 3 aliphatic carbocycles. The minimum absolute atomic E-state index is 0.778. The molecule has 0 bridgehead atoms. The number of rotatable bonds is 2. The molecular formula is C13H14O2. The zero-order valence-electron chi connectivity index (χ0n) is 8.99. The number of fused-ring (bicyclic) bond motifs is 4. The molecule has 1 aromatic rings. The van der Waals surface area contributed by atoms with E-state index in [9.17, 15) is 0 Å². The van der Waals surface area contributed by atoms with Crippen LogP contribution in [0.15, 0.2) is 12.1 Å². The van der Waals surface area contributed by atoms with Gasteiger partial charge in [0.25, 0.3) is 0 Å². The predicted molar refractivity (Wildman–Crippen MR) is 56.6 cm³/mol. The fourth-order valence-electron chi connectivity index (χ4n) is 3.90. The van der Waals surface area contributed by atoms with Crippen LogP contribution in [-0.4, -0.2) is 14.2 Å². The van der Waals surface area contributed by atoms with Crippen LogP contribution < -0.4 is 9.47 Å². The molecule has 0 heterocycles. The quantitative estimate of drug-likeness (QED) is 0.733. The second kappa shape index (κ2) is 2.31. The highest BCUT2D eigenvalue weighted by Gasteiger charge is 2.70. The summed E-state index contributed by atoms with van der Waals surface area (Å²) in [6.45, 7) is 0. The largest absolute Gasteiger partial charge is 0.496 e. The SMILES string of the molecule is COc1ccc(OC)c2c1[C@@H]1[C@@H]3C[C@@H]2[C@@H]31. The standard InChI is InChI=1S/C13H14O2/c1-14-8-3-4-9(15-2)13-11(8)6-5-7-10(6)12(7)13/h3-4,6-7,10,12H,5H2,1-2H3/t6-,7-,10+,12-/m1/s1. The molecule has 0 N–H and O–H groups in total. The van der Waals surface area contributed by atoms with E-state index in [-0.39, 0.29) is 0 Å². The first-order valence-corrected chi connectivity index (χ1v) is 5.61. The summed E-state index contributed by atoms with van der Waals surface area (Å²) in [5, 5.41) is 0. The molecule has 2 heteroatoms. The van der Waals surface area contributed by atoms with Crippen LogP contribution in [0, 0.1) is 11.8 Å². The highest BCUT2D eigenvalue weighted by Crippen LogP contribution is 2.80. The van der Waals surface area contributed by atoms with Gasteiger partial charge >= 0.3 is 0 Å². The molecule has 0 unspecified atom stereocenters. The van der Waals surface area contributed by atoms with Crippen molar-refractivity contribution < 1.29 is 9.47 Å². The van der Waals surface area contributed by atoms with Crippen LogP contribution in [0.3, 0.4) is 0 Å². The maximum absolute atomic E-state index is 5.47. The summed E-state index contributed by atoms with van der Waals surface area (Å²) < 4.78 is 10.9. The van der Waals surface area contributed by atoms with Crippen LogP contribution >= 0.6 is 0 Å². The summed E-state index contributed by atoms with van der Waals surface area (Å²) in [5.74, 6) is 5.63. The zero-order valence-corrected chi connectivity index (χ0v) is 8.99. The van der Waals surface area contributed by atoms with Gasteiger partial charge < -0.3 is 9.47 Å². The van der Waals surface area contributed by atoms with Crippen molar-refractivity contribution in [3.8, 4) is 11.5 Å². The average Bonchev–Trinajstić information content (AvgIpc) is 2.73. The molecular weight excluding hydrogens is 188 g/mol. The molecule has 0 radical (unpaired) electrons. The van der Waals surface area contributed by atoms with Crippen LogP contribution in [0.4, 0.5) is 0 Å². The average molecular weight is 202 g/mol. The summed E-state index contributed by atoms with van der Waals surface area (Å²) in [4.78, 5) is 0. The molecule has 1 aromatic carbocycles. The number of hydrogen-bond acceptors (Lipinski definition) is 2. The minimum Gasteiger partial charge on any atom is -0.496 e. The Labute approximate surface area is 89.2 Å². The van der Waals surface area contributed by atoms with Gasteiger partial charge in [0.05, 0.1) is 14.2 Å². The van der Waals surface area contributed by atoms with Crippen molar-refractivity contribution in [1.29, 1.82) is 0 Å². The Morgan fingerprint density at radius 3 is 2.40 bits per heavy atom. The van der Waals surface area contributed by atoms with Gasteiger partial charge in [-0.25, -0.2) is 0 Å². The van der Waals surface area contributed by atoms with Crippen molar-refractivity contribution in [3.05, 3.63) is 23.3 Å². The van der Waals surface area contributed by atoms with E-state index in [0.29, 0.717) is 0 Å². The van der Waals surface area contributed by atoms with Crippen molar-refractivity contribution in [2.45, 2.75) is 18.3 Å². The summed E-state index contributed by atoms with van der Waals surface area (Å²) in [7, 11) is 3.53. The first-order valence-electron chi connectivity index (χ1n) is 5.61. The van der Waals surface area contributed by atoms with E-state index in [1.807, 2.05) is 0 Å². The van der Waals surface area contributed by atoms with Gasteiger partial charge in [0.1, 0.15) is 11.5 Å². The molecule has 0 spiro atoms. The Kier molecular flexibility index (Phi) is 1.24. The minimum atomic E-state index is 0.778. The van der Waals surface area contributed by atoms with E-state index in [1.54, 1.807) is 14.2 Å². The van der Waals surface area contributed by atoms with E-state index in [0.717, 1.165) is 35.2 Å². The molecule has 0 aliphatic heterocycles. The van der Waals surface area contributed by atoms with Crippen LogP contribution in [0.25, 0.3) is 0 Å². The first-order chi connectivity index (χ1) is 7.36. The van der Waals surface area contributed by atoms with Gasteiger partial charge in [-0.1, -0.05) is 0 Å². The fraction of sp³-hybridized carbons (Fsp3) is 0.538. The third kappa shape index (κ3) is 0.715. The molecule has 78 valence electrons. The molecule has 4 rings (SSSR count). The van der Waals surface area contributed by atoms with Gasteiger partial charge in [-0.2, -0.15) is 0 Å². The number of hydrogen-bond donors (Lipinski definition) is 0. The van der Waals surface area contributed by atoms with Crippen molar-refractivity contribution in [2.24, 2.45) is 11.8 Å². The number of methoxy groups -OCH3 is 2. The Balaban J connectivity index is 1.97. The monoisotopic (exact) mass is 202 g/mol. The highest BCUT2D eigenvalue weighted by molar-refractivity contribution is 5.63. The van der Waals surface area contributed by atoms with Gasteiger partial charge in [-0.15, -0.1) is 0 Å². The summed E-state index contributed by atoms with van der Waals surface area (Å²) in [6, 6.07) is 4.10. The summed E-state index contributed by atoms with van der Waals surface area (Å²) >= 11 is 0. The lowest BCUT2D eigenvalue weighted by Crippen LogP contribution is -2.16. The molecule has 4 atom stereocenters. The van der Waals surface area contributed by atoms with Crippen LogP contribution in [0.2, 0.25) is 0 Å². The van der Waals surface area contributed by atoms with Crippen molar-refractivity contribution in [3.63, 3.8) is 0 Å². The Bertz CT molecular complexity index is 419. The zero-order chi connectivity index (χ0) is 10.2. The Hall–Kier alpha value is -1.18. The van der Waals surface area contributed by atoms with Crippen LogP contribution in [0.5, 0.6) is 11.5 Å². The maximum atomic E-state index is 5.47. The van der Waals surface area contributed by atoms with Gasteiger partial charge in [0, 0.05) is 11.1 Å². The molecule has 2 nitrogen and oxygen atoms in total. The third-order valence-corrected chi connectivity index (χ3v) is 4.57. The second-order valence-electron chi connectivity index (χ2n) is 4.91. The molecule has 2 saturated carbocycles. The first kappa shape index (κ1) is 8.03. The normalized spacial score (nSPS) is 37.7. The molecule has 15 heavy (non-hydrogen) atoms. The van der Waals surface area contributed by atoms with Crippen LogP contribution in [-0.2, 0) is 0 Å². The third-order valence-electron chi connectivity index (χ3n) is 4.57. The van der Waals surface area contributed by atoms with Gasteiger partial charge in [0.2, 0.25) is 0 Å². The lowest BCUT2D eigenvalue weighted by Gasteiger charge is -2.28. The van der Waals surface area contributed by atoms with Crippen molar-refractivity contribution in [2.75, 3.05) is 14.2 Å². The molecule has 0 saturated heterocycles. The molecule has 0 amide bonds. The number of ether oxygens (including phenoxy) is 2. The summed E-state index contributed by atoms with van der Waals surface area (Å²) in [5.41, 5.74) is 2.91.